The van der Waals surface area contributed by atoms with Crippen LogP contribution in [0.15, 0.2) is 41.6 Å². The second-order valence-electron chi connectivity index (χ2n) is 6.89. The van der Waals surface area contributed by atoms with Gasteiger partial charge < -0.3 is 15.5 Å². The summed E-state index contributed by atoms with van der Waals surface area (Å²) in [4.78, 5) is 14.1. The van der Waals surface area contributed by atoms with Crippen LogP contribution in [0.2, 0.25) is 0 Å². The summed E-state index contributed by atoms with van der Waals surface area (Å²) in [6.45, 7) is 4.06. The summed E-state index contributed by atoms with van der Waals surface area (Å²) in [5.41, 5.74) is 3.90. The van der Waals surface area contributed by atoms with Crippen molar-refractivity contribution in [1.29, 1.82) is 0 Å². The predicted octanol–water partition coefficient (Wildman–Crippen LogP) is 3.70. The van der Waals surface area contributed by atoms with Crippen LogP contribution in [0.3, 0.4) is 0 Å². The first-order valence-electron chi connectivity index (χ1n) is 8.95. The molecular weight excluding hydrogens is 317 g/mol. The van der Waals surface area contributed by atoms with Crippen LogP contribution in [-0.2, 0) is 13.1 Å². The van der Waals surface area contributed by atoms with Gasteiger partial charge >= 0.3 is 6.03 Å². The van der Waals surface area contributed by atoms with Crippen LogP contribution in [0.1, 0.15) is 37.3 Å². The summed E-state index contributed by atoms with van der Waals surface area (Å²) in [6.07, 6.45) is 7.09. The number of halogens is 1. The van der Waals surface area contributed by atoms with Gasteiger partial charge in [-0.1, -0.05) is 30.7 Å². The molecular formula is C20H26FN3O. The average Bonchev–Trinajstić information content (AvgIpc) is 3.06. The van der Waals surface area contributed by atoms with Gasteiger partial charge in [0.05, 0.1) is 6.54 Å². The minimum absolute atomic E-state index is 0.151. The number of benzene rings is 1. The van der Waals surface area contributed by atoms with Crippen molar-refractivity contribution in [3.8, 4) is 0 Å². The molecule has 0 fully saturated rings. The van der Waals surface area contributed by atoms with Gasteiger partial charge in [0.15, 0.2) is 0 Å². The van der Waals surface area contributed by atoms with Gasteiger partial charge in [-0.25, -0.2) is 9.18 Å². The van der Waals surface area contributed by atoms with Crippen molar-refractivity contribution in [2.24, 2.45) is 5.92 Å². The maximum atomic E-state index is 13.8. The number of amides is 2. The van der Waals surface area contributed by atoms with Gasteiger partial charge in [-0.15, -0.1) is 0 Å². The molecule has 2 amide bonds. The molecule has 1 aromatic carbocycles. The lowest BCUT2D eigenvalue weighted by molar-refractivity contribution is 0.200. The Morgan fingerprint density at radius 2 is 2.12 bits per heavy atom. The summed E-state index contributed by atoms with van der Waals surface area (Å²) in [5.74, 6) is 0.324. The maximum absolute atomic E-state index is 13.8. The third-order valence-electron chi connectivity index (χ3n) is 5.12. The lowest BCUT2D eigenvalue weighted by atomic mass is 9.90. The van der Waals surface area contributed by atoms with Crippen molar-refractivity contribution in [1.82, 2.24) is 15.5 Å². The Labute approximate surface area is 148 Å². The Morgan fingerprint density at radius 1 is 1.28 bits per heavy atom. The number of urea groups is 1. The summed E-state index contributed by atoms with van der Waals surface area (Å²) < 4.78 is 13.8. The van der Waals surface area contributed by atoms with Crippen molar-refractivity contribution >= 4 is 6.03 Å². The van der Waals surface area contributed by atoms with Gasteiger partial charge in [-0.3, -0.25) is 0 Å². The van der Waals surface area contributed by atoms with E-state index >= 15 is 0 Å². The standard InChI is InChI=1S/C20H26FN3O/c1-14(10-11-22-2)15-6-8-17(9-7-15)23-20(25)24-12-16-4-3-5-19(21)18(16)13-24/h3-6,8,14,22H,7,9-13H2,1-2H3,(H,23,25). The molecule has 4 nitrogen and oxygen atoms in total. The fourth-order valence-corrected chi connectivity index (χ4v) is 3.46. The van der Waals surface area contributed by atoms with Crippen LogP contribution in [0.4, 0.5) is 9.18 Å². The molecule has 134 valence electrons. The van der Waals surface area contributed by atoms with E-state index < -0.39 is 0 Å². The zero-order valence-electron chi connectivity index (χ0n) is 14.9. The molecule has 2 N–H and O–H groups in total. The highest BCUT2D eigenvalue weighted by Gasteiger charge is 2.26. The van der Waals surface area contributed by atoms with Crippen LogP contribution < -0.4 is 10.6 Å². The summed E-state index contributed by atoms with van der Waals surface area (Å²) in [6, 6.07) is 4.88. The van der Waals surface area contributed by atoms with Gasteiger partial charge in [0, 0.05) is 17.8 Å². The fraction of sp³-hybridized carbons (Fsp3) is 0.450. The molecule has 1 aliphatic carbocycles. The first-order valence-corrected chi connectivity index (χ1v) is 8.95. The van der Waals surface area contributed by atoms with Gasteiger partial charge in [0.1, 0.15) is 5.82 Å². The fourth-order valence-electron chi connectivity index (χ4n) is 3.46. The minimum atomic E-state index is -0.229. The smallest absolute Gasteiger partial charge is 0.320 e. The van der Waals surface area contributed by atoms with E-state index in [1.807, 2.05) is 19.2 Å². The Morgan fingerprint density at radius 3 is 2.80 bits per heavy atom. The molecule has 1 aromatic rings. The van der Waals surface area contributed by atoms with Gasteiger partial charge in [-0.05, 0) is 56.5 Å². The van der Waals surface area contributed by atoms with Crippen molar-refractivity contribution in [2.75, 3.05) is 13.6 Å². The Hall–Kier alpha value is -2.14. The topological polar surface area (TPSA) is 44.4 Å². The minimum Gasteiger partial charge on any atom is -0.320 e. The quantitative estimate of drug-likeness (QED) is 0.856. The first-order chi connectivity index (χ1) is 12.1. The molecule has 0 aromatic heterocycles. The molecule has 1 aliphatic heterocycles. The molecule has 25 heavy (non-hydrogen) atoms. The highest BCUT2D eigenvalue weighted by Crippen LogP contribution is 2.27. The zero-order chi connectivity index (χ0) is 17.8. The predicted molar refractivity (Wildman–Crippen MR) is 97.3 cm³/mol. The summed E-state index contributed by atoms with van der Waals surface area (Å²) in [5, 5.41) is 6.17. The van der Waals surface area contributed by atoms with Gasteiger partial charge in [0.2, 0.25) is 0 Å². The monoisotopic (exact) mass is 343 g/mol. The van der Waals surface area contributed by atoms with E-state index in [4.69, 9.17) is 0 Å². The summed E-state index contributed by atoms with van der Waals surface area (Å²) in [7, 11) is 1.97. The SMILES string of the molecule is CNCCC(C)C1=CC=C(NC(=O)N2Cc3cccc(F)c3C2)CC1. The van der Waals surface area contributed by atoms with Crippen molar-refractivity contribution in [3.05, 3.63) is 58.6 Å². The largest absolute Gasteiger partial charge is 0.322 e. The third kappa shape index (κ3) is 4.10. The molecule has 1 heterocycles. The van der Waals surface area contributed by atoms with E-state index in [1.165, 1.54) is 11.6 Å². The van der Waals surface area contributed by atoms with E-state index in [2.05, 4.69) is 23.6 Å². The molecule has 0 spiro atoms. The number of carbonyl (C=O) groups excluding carboxylic acids is 1. The number of nitrogens with zero attached hydrogens (tertiary/aromatic N) is 1. The second-order valence-corrected chi connectivity index (χ2v) is 6.89. The molecule has 0 bridgehead atoms. The van der Waals surface area contributed by atoms with Gasteiger partial charge in [0.25, 0.3) is 0 Å². The number of carbonyl (C=O) groups is 1. The van der Waals surface area contributed by atoms with E-state index in [1.54, 1.807) is 11.0 Å². The first kappa shape index (κ1) is 17.7. The lowest BCUT2D eigenvalue weighted by Gasteiger charge is -2.22. The van der Waals surface area contributed by atoms with E-state index in [0.29, 0.717) is 24.6 Å². The molecule has 0 radical (unpaired) electrons. The number of hydrogen-bond donors (Lipinski definition) is 2. The Kier molecular flexibility index (Phi) is 5.53. The van der Waals surface area contributed by atoms with Crippen LogP contribution in [0.5, 0.6) is 0 Å². The van der Waals surface area contributed by atoms with Gasteiger partial charge in [-0.2, -0.15) is 0 Å². The number of nitrogens with one attached hydrogen (secondary N) is 2. The number of fused-ring (bicyclic) bond motifs is 1. The second kappa shape index (κ2) is 7.83. The van der Waals surface area contributed by atoms with Crippen LogP contribution in [0, 0.1) is 11.7 Å². The molecule has 0 saturated carbocycles. The highest BCUT2D eigenvalue weighted by molar-refractivity contribution is 5.77. The van der Waals surface area contributed by atoms with Crippen molar-refractivity contribution in [2.45, 2.75) is 39.3 Å². The van der Waals surface area contributed by atoms with E-state index in [9.17, 15) is 9.18 Å². The zero-order valence-corrected chi connectivity index (χ0v) is 14.9. The molecule has 5 heteroatoms. The average molecular weight is 343 g/mol. The van der Waals surface area contributed by atoms with Crippen LogP contribution >= 0.6 is 0 Å². The van der Waals surface area contributed by atoms with Crippen LogP contribution in [0.25, 0.3) is 0 Å². The number of rotatable bonds is 5. The van der Waals surface area contributed by atoms with Crippen molar-refractivity contribution in [3.63, 3.8) is 0 Å². The Bertz CT molecular complexity index is 711. The van der Waals surface area contributed by atoms with E-state index in [0.717, 1.165) is 37.1 Å². The molecule has 1 unspecified atom stereocenters. The van der Waals surface area contributed by atoms with E-state index in [-0.39, 0.29) is 11.8 Å². The third-order valence-corrected chi connectivity index (χ3v) is 5.12. The lowest BCUT2D eigenvalue weighted by Crippen LogP contribution is -2.36. The van der Waals surface area contributed by atoms with Crippen LogP contribution in [-0.4, -0.2) is 24.5 Å². The molecule has 2 aliphatic rings. The normalized spacial score (nSPS) is 17.6. The number of hydrogen-bond acceptors (Lipinski definition) is 2. The maximum Gasteiger partial charge on any atom is 0.322 e. The number of allylic oxidation sites excluding steroid dienone is 4. The molecule has 0 saturated heterocycles. The highest BCUT2D eigenvalue weighted by atomic mass is 19.1. The Balaban J connectivity index is 1.57. The van der Waals surface area contributed by atoms with Crippen molar-refractivity contribution < 1.29 is 9.18 Å². The molecule has 3 rings (SSSR count). The summed E-state index contributed by atoms with van der Waals surface area (Å²) >= 11 is 0. The molecule has 1 atom stereocenters.